The normalized spacial score (nSPS) is 11.7. The Morgan fingerprint density at radius 2 is 0.398 bits per heavy atom. The zero-order valence-electron chi connectivity index (χ0n) is 56.0. The van der Waals surface area contributed by atoms with Gasteiger partial charge in [0, 0.05) is 0 Å². The van der Waals surface area contributed by atoms with Gasteiger partial charge >= 0.3 is 7.82 Å². The highest BCUT2D eigenvalue weighted by Crippen LogP contribution is 2.53. The Balaban J connectivity index is 2.12. The van der Waals surface area contributed by atoms with Gasteiger partial charge in [-0.1, -0.05) is 348 Å². The highest BCUT2D eigenvalue weighted by molar-refractivity contribution is 7.49. The summed E-state index contributed by atoms with van der Waals surface area (Å²) in [4.78, 5) is 0. The van der Waals surface area contributed by atoms with Crippen LogP contribution in [0.3, 0.4) is 0 Å². The summed E-state index contributed by atoms with van der Waals surface area (Å²) in [5.41, 5.74) is 7.65. The van der Waals surface area contributed by atoms with Crippen LogP contribution in [0.4, 0.5) is 0 Å². The molecular weight excluding hydrogens is 1030 g/mol. The van der Waals surface area contributed by atoms with E-state index < -0.39 is 7.82 Å². The minimum Gasteiger partial charge on any atom is -0.386 e. The van der Waals surface area contributed by atoms with E-state index in [-0.39, 0.29) is 0 Å². The van der Waals surface area contributed by atoms with Gasteiger partial charge in [-0.3, -0.25) is 0 Å². The second-order valence-electron chi connectivity index (χ2n) is 25.8. The Morgan fingerprint density at radius 1 is 0.229 bits per heavy atom. The number of benzene rings is 3. The molecule has 0 aliphatic rings. The molecule has 0 aliphatic carbocycles. The van der Waals surface area contributed by atoms with Gasteiger partial charge in [-0.25, -0.2) is 0 Å². The number of aryl methyl sites for hydroxylation is 3. The SMILES string of the molecule is CCCCCCCCCCc1cccc(OP(=O)(Oc2cccc(CCCCCCCCCC)c2CCCCCCCCCC)Oc2cccc(CCCCCCCCCC)c2CCCCCCCCCC)c1CCCCCCCCCC. The third-order valence-corrected chi connectivity index (χ3v) is 19.3. The summed E-state index contributed by atoms with van der Waals surface area (Å²) in [5.74, 6) is 2.06. The molecule has 0 spiro atoms. The van der Waals surface area contributed by atoms with Gasteiger partial charge in [0.2, 0.25) is 0 Å². The summed E-state index contributed by atoms with van der Waals surface area (Å²) in [6, 6.07) is 19.7. The third kappa shape index (κ3) is 36.3. The molecule has 0 unspecified atom stereocenters. The van der Waals surface area contributed by atoms with Crippen molar-refractivity contribution in [3.05, 3.63) is 88.0 Å². The third-order valence-electron chi connectivity index (χ3n) is 18.1. The zero-order chi connectivity index (χ0) is 59.4. The van der Waals surface area contributed by atoms with Gasteiger partial charge in [0.25, 0.3) is 0 Å². The minimum atomic E-state index is -4.36. The summed E-state index contributed by atoms with van der Waals surface area (Å²) in [7, 11) is -4.36. The summed E-state index contributed by atoms with van der Waals surface area (Å²) in [6.45, 7) is 13.8. The van der Waals surface area contributed by atoms with Gasteiger partial charge in [0.05, 0.1) is 0 Å². The van der Waals surface area contributed by atoms with Gasteiger partial charge in [0.1, 0.15) is 17.2 Å². The van der Waals surface area contributed by atoms with Gasteiger partial charge in [0.15, 0.2) is 0 Å². The molecule has 0 radical (unpaired) electrons. The molecule has 0 saturated heterocycles. The molecule has 5 heteroatoms. The first-order valence-corrected chi connectivity index (χ1v) is 38.4. The van der Waals surface area contributed by atoms with E-state index in [9.17, 15) is 0 Å². The molecule has 4 nitrogen and oxygen atoms in total. The van der Waals surface area contributed by atoms with Crippen LogP contribution in [-0.4, -0.2) is 0 Å². The number of phosphoric ester groups is 1. The number of phosphoric acid groups is 1. The summed E-state index contributed by atoms with van der Waals surface area (Å²) >= 11 is 0. The molecule has 0 aliphatic heterocycles. The van der Waals surface area contributed by atoms with Crippen LogP contribution in [-0.2, 0) is 43.1 Å². The predicted octanol–water partition coefficient (Wildman–Crippen LogP) is 27.4. The van der Waals surface area contributed by atoms with Crippen molar-refractivity contribution < 1.29 is 18.1 Å². The average molecular weight is 1170 g/mol. The van der Waals surface area contributed by atoms with Gasteiger partial charge < -0.3 is 13.6 Å². The molecule has 3 aromatic rings. The van der Waals surface area contributed by atoms with Crippen molar-refractivity contribution in [1.29, 1.82) is 0 Å². The maximum absolute atomic E-state index is 16.6. The number of hydrogen-bond acceptors (Lipinski definition) is 4. The molecule has 0 fully saturated rings. The lowest BCUT2D eigenvalue weighted by Crippen LogP contribution is -2.12. The Kier molecular flexibility index (Phi) is 47.1. The monoisotopic (exact) mass is 1170 g/mol. The standard InChI is InChI=1S/C78H135O4P/c1-7-13-19-25-31-37-43-49-58-70-61-55-67-76(73(70)64-52-46-40-34-28-22-16-10-4)80-83(79,81-77-68-56-62-71(59-50-44-38-32-26-20-14-8-2)74(77)65-53-47-41-35-29-23-17-11-5)82-78-69-57-63-72(60-51-45-39-33-27-21-15-9-3)75(78)66-54-48-42-36-30-24-18-12-6/h55-57,61-63,67-69H,7-54,58-60,64-66H2,1-6H3. The van der Waals surface area contributed by atoms with Crippen molar-refractivity contribution in [3.8, 4) is 17.2 Å². The van der Waals surface area contributed by atoms with Crippen molar-refractivity contribution in [2.75, 3.05) is 0 Å². The van der Waals surface area contributed by atoms with Crippen LogP contribution in [0.1, 0.15) is 383 Å². The van der Waals surface area contributed by atoms with Crippen molar-refractivity contribution >= 4 is 7.82 Å². The topological polar surface area (TPSA) is 44.8 Å². The van der Waals surface area contributed by atoms with E-state index in [1.54, 1.807) is 0 Å². The Labute approximate surface area is 516 Å². The average Bonchev–Trinajstić information content (AvgIpc) is 3.61. The van der Waals surface area contributed by atoms with Crippen LogP contribution in [0.25, 0.3) is 0 Å². The molecule has 0 bridgehead atoms. The van der Waals surface area contributed by atoms with Crippen molar-refractivity contribution in [1.82, 2.24) is 0 Å². The Hall–Kier alpha value is -2.71. The fourth-order valence-electron chi connectivity index (χ4n) is 12.7. The Morgan fingerprint density at radius 3 is 0.590 bits per heavy atom. The van der Waals surface area contributed by atoms with E-state index in [1.165, 1.54) is 303 Å². The lowest BCUT2D eigenvalue weighted by Gasteiger charge is -2.25. The molecule has 3 rings (SSSR count). The van der Waals surface area contributed by atoms with Crippen molar-refractivity contribution in [2.45, 2.75) is 388 Å². The fourth-order valence-corrected chi connectivity index (χ4v) is 14.1. The lowest BCUT2D eigenvalue weighted by atomic mass is 9.95. The molecule has 3 aromatic carbocycles. The molecule has 0 atom stereocenters. The molecule has 83 heavy (non-hydrogen) atoms. The van der Waals surface area contributed by atoms with Gasteiger partial charge in [-0.05, 0) is 129 Å². The summed E-state index contributed by atoms with van der Waals surface area (Å²) in [6.07, 6.45) is 67.4. The molecular formula is C78H135O4P. The number of unbranched alkanes of at least 4 members (excludes halogenated alkanes) is 42. The molecule has 0 heterocycles. The smallest absolute Gasteiger partial charge is 0.386 e. The summed E-state index contributed by atoms with van der Waals surface area (Å²) < 4.78 is 38.1. The van der Waals surface area contributed by atoms with Crippen LogP contribution < -0.4 is 13.6 Å². The second kappa shape index (κ2) is 52.4. The van der Waals surface area contributed by atoms with Crippen molar-refractivity contribution in [3.63, 3.8) is 0 Å². The second-order valence-corrected chi connectivity index (χ2v) is 27.2. The van der Waals surface area contributed by atoms with Crippen LogP contribution in [0, 0.1) is 0 Å². The molecule has 0 aromatic heterocycles. The van der Waals surface area contributed by atoms with E-state index in [2.05, 4.69) is 96.1 Å². The lowest BCUT2D eigenvalue weighted by molar-refractivity contribution is 0.294. The van der Waals surface area contributed by atoms with E-state index >= 15 is 4.57 Å². The summed E-state index contributed by atoms with van der Waals surface area (Å²) in [5, 5.41) is 0. The van der Waals surface area contributed by atoms with Gasteiger partial charge in [-0.15, -0.1) is 0 Å². The van der Waals surface area contributed by atoms with E-state index in [4.69, 9.17) is 13.6 Å². The minimum absolute atomic E-state index is 0.688. The van der Waals surface area contributed by atoms with Crippen LogP contribution in [0.15, 0.2) is 54.6 Å². The van der Waals surface area contributed by atoms with Gasteiger partial charge in [-0.2, -0.15) is 4.57 Å². The highest BCUT2D eigenvalue weighted by atomic mass is 31.2. The predicted molar refractivity (Wildman–Crippen MR) is 367 cm³/mol. The first kappa shape index (κ1) is 74.5. The van der Waals surface area contributed by atoms with E-state index in [1.807, 2.05) is 0 Å². The van der Waals surface area contributed by atoms with E-state index in [0.717, 1.165) is 77.0 Å². The van der Waals surface area contributed by atoms with E-state index in [0.29, 0.717) is 17.2 Å². The maximum atomic E-state index is 16.6. The molecule has 476 valence electrons. The first-order valence-electron chi connectivity index (χ1n) is 36.9. The number of hydrogen-bond donors (Lipinski definition) is 0. The van der Waals surface area contributed by atoms with Crippen molar-refractivity contribution in [2.24, 2.45) is 0 Å². The maximum Gasteiger partial charge on any atom is 0.647 e. The fraction of sp³-hybridized carbons (Fsp3) is 0.769. The van der Waals surface area contributed by atoms with Crippen LogP contribution in [0.2, 0.25) is 0 Å². The van der Waals surface area contributed by atoms with Crippen LogP contribution in [0.5, 0.6) is 17.2 Å². The number of rotatable bonds is 60. The molecule has 0 N–H and O–H groups in total. The molecule has 0 saturated carbocycles. The first-order chi connectivity index (χ1) is 40.9. The quantitative estimate of drug-likeness (QED) is 0.0417. The molecule has 0 amide bonds. The largest absolute Gasteiger partial charge is 0.647 e. The Bertz CT molecular complexity index is 1770. The zero-order valence-corrected chi connectivity index (χ0v) is 56.9. The highest BCUT2D eigenvalue weighted by Gasteiger charge is 2.36. The van der Waals surface area contributed by atoms with Crippen LogP contribution >= 0.6 is 7.82 Å².